The zero-order valence-corrected chi connectivity index (χ0v) is 14.7. The summed E-state index contributed by atoms with van der Waals surface area (Å²) in [7, 11) is 0. The normalized spacial score (nSPS) is 23.4. The van der Waals surface area contributed by atoms with Crippen LogP contribution in [0.4, 0.5) is 0 Å². The number of hydrogen-bond acceptors (Lipinski definition) is 4. The van der Waals surface area contributed by atoms with Gasteiger partial charge in [0.1, 0.15) is 0 Å². The summed E-state index contributed by atoms with van der Waals surface area (Å²) < 4.78 is 5.59. The molecule has 1 amide bonds. The molecule has 0 N–H and O–H groups in total. The maximum absolute atomic E-state index is 12.4. The summed E-state index contributed by atoms with van der Waals surface area (Å²) >= 11 is 0. The number of nitrogens with zero attached hydrogens (tertiary/aromatic N) is 3. The van der Waals surface area contributed by atoms with Gasteiger partial charge in [0.25, 0.3) is 0 Å². The first kappa shape index (κ1) is 17.4. The maximum atomic E-state index is 12.4. The van der Waals surface area contributed by atoms with Gasteiger partial charge in [-0.2, -0.15) is 0 Å². The van der Waals surface area contributed by atoms with Gasteiger partial charge in [-0.1, -0.05) is 30.3 Å². The van der Waals surface area contributed by atoms with Crippen molar-refractivity contribution in [2.24, 2.45) is 0 Å². The Morgan fingerprint density at radius 2 is 1.75 bits per heavy atom. The Hall–Kier alpha value is -1.43. The van der Waals surface area contributed by atoms with Crippen LogP contribution in [0, 0.1) is 0 Å². The first-order valence-electron chi connectivity index (χ1n) is 9.09. The second-order valence-electron chi connectivity index (χ2n) is 6.87. The number of benzene rings is 1. The number of rotatable bonds is 5. The molecule has 2 heterocycles. The van der Waals surface area contributed by atoms with Crippen molar-refractivity contribution >= 4 is 5.91 Å². The fraction of sp³-hybridized carbons (Fsp3) is 0.632. The van der Waals surface area contributed by atoms with E-state index in [0.29, 0.717) is 12.5 Å². The van der Waals surface area contributed by atoms with Gasteiger partial charge in [-0.05, 0) is 12.5 Å². The van der Waals surface area contributed by atoms with Crippen molar-refractivity contribution in [3.05, 3.63) is 35.9 Å². The van der Waals surface area contributed by atoms with Crippen LogP contribution in [0.5, 0.6) is 0 Å². The fourth-order valence-electron chi connectivity index (χ4n) is 3.48. The standard InChI is InChI=1S/C19H29N3O2/c1-17-16-21(13-14-24-17)8-7-20-9-11-22(12-10-20)19(23)15-18-5-3-2-4-6-18/h2-6,17H,7-16H2,1H3. The first-order valence-corrected chi connectivity index (χ1v) is 9.09. The Labute approximate surface area is 145 Å². The Morgan fingerprint density at radius 3 is 2.46 bits per heavy atom. The molecule has 5 nitrogen and oxygen atoms in total. The van der Waals surface area contributed by atoms with E-state index < -0.39 is 0 Å². The van der Waals surface area contributed by atoms with Crippen LogP contribution in [-0.4, -0.2) is 85.7 Å². The highest BCUT2D eigenvalue weighted by Crippen LogP contribution is 2.08. The third-order valence-corrected chi connectivity index (χ3v) is 4.98. The van der Waals surface area contributed by atoms with Crippen LogP contribution in [0.2, 0.25) is 0 Å². The molecule has 1 atom stereocenters. The summed E-state index contributed by atoms with van der Waals surface area (Å²) in [4.78, 5) is 19.4. The Kier molecular flexibility index (Phi) is 6.24. The van der Waals surface area contributed by atoms with E-state index >= 15 is 0 Å². The molecule has 1 aromatic carbocycles. The highest BCUT2D eigenvalue weighted by molar-refractivity contribution is 5.78. The third kappa shape index (κ3) is 5.03. The van der Waals surface area contributed by atoms with Crippen LogP contribution < -0.4 is 0 Å². The van der Waals surface area contributed by atoms with Crippen molar-refractivity contribution in [1.29, 1.82) is 0 Å². The van der Waals surface area contributed by atoms with E-state index in [1.54, 1.807) is 0 Å². The molecular weight excluding hydrogens is 302 g/mol. The molecule has 0 radical (unpaired) electrons. The first-order chi connectivity index (χ1) is 11.7. The molecule has 0 aliphatic carbocycles. The molecule has 0 spiro atoms. The molecular formula is C19H29N3O2. The van der Waals surface area contributed by atoms with E-state index in [1.807, 2.05) is 35.2 Å². The molecule has 1 aromatic rings. The number of piperazine rings is 1. The van der Waals surface area contributed by atoms with E-state index in [0.717, 1.165) is 64.5 Å². The van der Waals surface area contributed by atoms with Crippen molar-refractivity contribution in [2.45, 2.75) is 19.4 Å². The molecule has 2 aliphatic heterocycles. The van der Waals surface area contributed by atoms with Gasteiger partial charge in [0.05, 0.1) is 19.1 Å². The molecule has 24 heavy (non-hydrogen) atoms. The zero-order valence-electron chi connectivity index (χ0n) is 14.7. The number of amides is 1. The number of carbonyl (C=O) groups is 1. The molecule has 0 aromatic heterocycles. The number of ether oxygens (including phenoxy) is 1. The molecule has 0 bridgehead atoms. The van der Waals surface area contributed by atoms with Crippen LogP contribution >= 0.6 is 0 Å². The minimum atomic E-state index is 0.253. The summed E-state index contributed by atoms with van der Waals surface area (Å²) in [6, 6.07) is 10.0. The van der Waals surface area contributed by atoms with E-state index in [4.69, 9.17) is 4.74 Å². The fourth-order valence-corrected chi connectivity index (χ4v) is 3.48. The van der Waals surface area contributed by atoms with Gasteiger partial charge < -0.3 is 9.64 Å². The van der Waals surface area contributed by atoms with Crippen molar-refractivity contribution in [3.63, 3.8) is 0 Å². The predicted molar refractivity (Wildman–Crippen MR) is 95.0 cm³/mol. The molecule has 5 heteroatoms. The summed E-state index contributed by atoms with van der Waals surface area (Å²) in [6.45, 7) is 10.9. The van der Waals surface area contributed by atoms with E-state index in [-0.39, 0.29) is 5.91 Å². The van der Waals surface area contributed by atoms with E-state index in [2.05, 4.69) is 16.7 Å². The molecule has 1 unspecified atom stereocenters. The van der Waals surface area contributed by atoms with E-state index in [9.17, 15) is 4.79 Å². The van der Waals surface area contributed by atoms with Gasteiger partial charge in [-0.15, -0.1) is 0 Å². The number of morpholine rings is 1. The van der Waals surface area contributed by atoms with Crippen molar-refractivity contribution in [1.82, 2.24) is 14.7 Å². The molecule has 132 valence electrons. The van der Waals surface area contributed by atoms with Gasteiger partial charge >= 0.3 is 0 Å². The molecule has 2 aliphatic rings. The van der Waals surface area contributed by atoms with Crippen LogP contribution in [0.25, 0.3) is 0 Å². The van der Waals surface area contributed by atoms with Crippen LogP contribution in [0.15, 0.2) is 30.3 Å². The maximum Gasteiger partial charge on any atom is 0.227 e. The topological polar surface area (TPSA) is 36.0 Å². The molecule has 2 fully saturated rings. The minimum absolute atomic E-state index is 0.253. The number of hydrogen-bond donors (Lipinski definition) is 0. The SMILES string of the molecule is CC1CN(CCN2CCN(C(=O)Cc3ccccc3)CC2)CCO1. The highest BCUT2D eigenvalue weighted by atomic mass is 16.5. The molecule has 3 rings (SSSR count). The molecule has 2 saturated heterocycles. The van der Waals surface area contributed by atoms with Gasteiger partial charge in [-0.25, -0.2) is 0 Å². The Morgan fingerprint density at radius 1 is 1.04 bits per heavy atom. The largest absolute Gasteiger partial charge is 0.376 e. The second kappa shape index (κ2) is 8.60. The number of carbonyl (C=O) groups excluding carboxylic acids is 1. The van der Waals surface area contributed by atoms with Crippen molar-refractivity contribution in [2.75, 3.05) is 59.0 Å². The highest BCUT2D eigenvalue weighted by Gasteiger charge is 2.22. The molecule has 0 saturated carbocycles. The minimum Gasteiger partial charge on any atom is -0.376 e. The summed E-state index contributed by atoms with van der Waals surface area (Å²) in [5.74, 6) is 0.253. The predicted octanol–water partition coefficient (Wildman–Crippen LogP) is 1.09. The third-order valence-electron chi connectivity index (χ3n) is 4.98. The monoisotopic (exact) mass is 331 g/mol. The zero-order chi connectivity index (χ0) is 16.8. The lowest BCUT2D eigenvalue weighted by molar-refractivity contribution is -0.132. The summed E-state index contributed by atoms with van der Waals surface area (Å²) in [5.41, 5.74) is 1.10. The lowest BCUT2D eigenvalue weighted by atomic mass is 10.1. The van der Waals surface area contributed by atoms with Crippen LogP contribution in [-0.2, 0) is 16.0 Å². The van der Waals surface area contributed by atoms with E-state index in [1.165, 1.54) is 0 Å². The van der Waals surface area contributed by atoms with Gasteiger partial charge in [0, 0.05) is 52.4 Å². The summed E-state index contributed by atoms with van der Waals surface area (Å²) in [6.07, 6.45) is 0.873. The van der Waals surface area contributed by atoms with Crippen LogP contribution in [0.1, 0.15) is 12.5 Å². The Bertz CT molecular complexity index is 515. The lowest BCUT2D eigenvalue weighted by Gasteiger charge is -2.37. The van der Waals surface area contributed by atoms with Crippen molar-refractivity contribution < 1.29 is 9.53 Å². The van der Waals surface area contributed by atoms with Gasteiger partial charge in [-0.3, -0.25) is 14.6 Å². The summed E-state index contributed by atoms with van der Waals surface area (Å²) in [5, 5.41) is 0. The second-order valence-corrected chi connectivity index (χ2v) is 6.87. The van der Waals surface area contributed by atoms with Crippen molar-refractivity contribution in [3.8, 4) is 0 Å². The van der Waals surface area contributed by atoms with Crippen LogP contribution in [0.3, 0.4) is 0 Å². The van der Waals surface area contributed by atoms with Gasteiger partial charge in [0.15, 0.2) is 0 Å². The Balaban J connectivity index is 1.37. The average molecular weight is 331 g/mol. The van der Waals surface area contributed by atoms with Gasteiger partial charge in [0.2, 0.25) is 5.91 Å². The average Bonchev–Trinajstić information content (AvgIpc) is 2.61. The smallest absolute Gasteiger partial charge is 0.227 e. The lowest BCUT2D eigenvalue weighted by Crippen LogP contribution is -2.51. The quantitative estimate of drug-likeness (QED) is 0.809.